The molecule has 0 unspecified atom stereocenters. The predicted molar refractivity (Wildman–Crippen MR) is 115 cm³/mol. The molecule has 0 aliphatic rings. The van der Waals surface area contributed by atoms with Crippen LogP contribution in [0.5, 0.6) is 0 Å². The number of amides is 1. The van der Waals surface area contributed by atoms with Gasteiger partial charge in [-0.1, -0.05) is 24.3 Å². The number of hydrogen-bond donors (Lipinski definition) is 2. The summed E-state index contributed by atoms with van der Waals surface area (Å²) >= 11 is 0. The van der Waals surface area contributed by atoms with E-state index in [0.717, 1.165) is 33.8 Å². The second kappa shape index (κ2) is 8.52. The number of anilines is 3. The number of nitrogens with one attached hydrogen (secondary N) is 2. The van der Waals surface area contributed by atoms with Crippen LogP contribution >= 0.6 is 0 Å². The molecule has 0 saturated heterocycles. The smallest absolute Gasteiger partial charge is 0.228 e. The van der Waals surface area contributed by atoms with Gasteiger partial charge in [-0.15, -0.1) is 0 Å². The molecule has 3 aromatic heterocycles. The third kappa shape index (κ3) is 4.85. The van der Waals surface area contributed by atoms with E-state index in [1.54, 1.807) is 35.5 Å². The molecular weight excluding hydrogens is 378 g/mol. The van der Waals surface area contributed by atoms with Crippen molar-refractivity contribution in [2.75, 3.05) is 10.6 Å². The summed E-state index contributed by atoms with van der Waals surface area (Å²) in [5.74, 6) is 0.439. The second-order valence-electron chi connectivity index (χ2n) is 6.93. The molecule has 4 rings (SSSR count). The Morgan fingerprint density at radius 3 is 2.40 bits per heavy atom. The van der Waals surface area contributed by atoms with E-state index in [9.17, 15) is 4.79 Å². The van der Waals surface area contributed by atoms with E-state index in [0.29, 0.717) is 12.4 Å². The van der Waals surface area contributed by atoms with Crippen LogP contribution < -0.4 is 10.6 Å². The van der Waals surface area contributed by atoms with Crippen molar-refractivity contribution in [3.05, 3.63) is 78.6 Å². The molecule has 0 atom stereocenters. The zero-order valence-electron chi connectivity index (χ0n) is 16.7. The van der Waals surface area contributed by atoms with Crippen molar-refractivity contribution in [1.29, 1.82) is 0 Å². The van der Waals surface area contributed by atoms with Gasteiger partial charge in [-0.05, 0) is 30.2 Å². The lowest BCUT2D eigenvalue weighted by Gasteiger charge is -2.07. The van der Waals surface area contributed by atoms with E-state index in [2.05, 4.69) is 30.7 Å². The molecule has 1 aromatic carbocycles. The van der Waals surface area contributed by atoms with Crippen molar-refractivity contribution in [2.24, 2.45) is 7.05 Å². The minimum Gasteiger partial charge on any atom is -0.326 e. The number of benzene rings is 1. The molecule has 0 bridgehead atoms. The predicted octanol–water partition coefficient (Wildman–Crippen LogP) is 3.51. The van der Waals surface area contributed by atoms with Gasteiger partial charge in [0, 0.05) is 48.8 Å². The van der Waals surface area contributed by atoms with Gasteiger partial charge in [0.05, 0.1) is 18.3 Å². The lowest BCUT2D eigenvalue weighted by Crippen LogP contribution is -2.14. The van der Waals surface area contributed by atoms with Gasteiger partial charge in [-0.25, -0.2) is 9.97 Å². The van der Waals surface area contributed by atoms with Crippen molar-refractivity contribution in [2.45, 2.75) is 13.3 Å². The molecular formula is C22H21N7O. The molecule has 0 radical (unpaired) electrons. The van der Waals surface area contributed by atoms with Crippen LogP contribution in [0.2, 0.25) is 0 Å². The van der Waals surface area contributed by atoms with Gasteiger partial charge >= 0.3 is 0 Å². The fraction of sp³-hybridized carbons (Fsp3) is 0.136. The number of aryl methyl sites for hydroxylation is 2. The Labute approximate surface area is 174 Å². The van der Waals surface area contributed by atoms with Gasteiger partial charge in [-0.3, -0.25) is 14.5 Å². The molecule has 8 nitrogen and oxygen atoms in total. The first-order valence-corrected chi connectivity index (χ1v) is 9.45. The number of carbonyl (C=O) groups is 1. The van der Waals surface area contributed by atoms with Crippen molar-refractivity contribution in [3.8, 4) is 11.1 Å². The molecule has 8 heteroatoms. The molecule has 0 aliphatic heterocycles. The Balaban J connectivity index is 1.37. The summed E-state index contributed by atoms with van der Waals surface area (Å²) < 4.78 is 1.70. The Bertz CT molecular complexity index is 1150. The number of nitrogens with zero attached hydrogens (tertiary/aromatic N) is 5. The summed E-state index contributed by atoms with van der Waals surface area (Å²) in [5.41, 5.74) is 5.25. The number of carbonyl (C=O) groups excluding carboxylic acids is 1. The van der Waals surface area contributed by atoms with Gasteiger partial charge in [-0.2, -0.15) is 5.10 Å². The van der Waals surface area contributed by atoms with Crippen molar-refractivity contribution in [1.82, 2.24) is 24.7 Å². The Hall–Kier alpha value is -4.07. The van der Waals surface area contributed by atoms with Crippen LogP contribution in [0.25, 0.3) is 11.1 Å². The van der Waals surface area contributed by atoms with E-state index >= 15 is 0 Å². The lowest BCUT2D eigenvalue weighted by molar-refractivity contribution is -0.115. The first-order chi connectivity index (χ1) is 14.5. The molecule has 30 heavy (non-hydrogen) atoms. The lowest BCUT2D eigenvalue weighted by atomic mass is 10.1. The summed E-state index contributed by atoms with van der Waals surface area (Å²) in [6, 6.07) is 11.4. The molecule has 1 amide bonds. The first kappa shape index (κ1) is 19.3. The highest BCUT2D eigenvalue weighted by molar-refractivity contribution is 5.92. The molecule has 0 spiro atoms. The Morgan fingerprint density at radius 2 is 1.73 bits per heavy atom. The van der Waals surface area contributed by atoms with E-state index < -0.39 is 0 Å². The van der Waals surface area contributed by atoms with Crippen molar-refractivity contribution >= 4 is 23.2 Å². The van der Waals surface area contributed by atoms with Gasteiger partial charge in [0.1, 0.15) is 0 Å². The van der Waals surface area contributed by atoms with Crippen molar-refractivity contribution < 1.29 is 4.79 Å². The van der Waals surface area contributed by atoms with E-state index in [-0.39, 0.29) is 5.91 Å². The van der Waals surface area contributed by atoms with Crippen LogP contribution in [-0.4, -0.2) is 30.6 Å². The molecule has 150 valence electrons. The Kier molecular flexibility index (Phi) is 5.47. The third-order valence-corrected chi connectivity index (χ3v) is 4.45. The molecule has 0 aliphatic carbocycles. The average molecular weight is 399 g/mol. The maximum absolute atomic E-state index is 12.3. The molecule has 0 fully saturated rings. The Morgan fingerprint density at radius 1 is 0.967 bits per heavy atom. The van der Waals surface area contributed by atoms with Gasteiger partial charge in [0.2, 0.25) is 11.9 Å². The second-order valence-corrected chi connectivity index (χ2v) is 6.93. The minimum atomic E-state index is -0.0671. The fourth-order valence-corrected chi connectivity index (χ4v) is 2.99. The summed E-state index contributed by atoms with van der Waals surface area (Å²) in [6.07, 6.45) is 9.06. The molecule has 0 saturated carbocycles. The van der Waals surface area contributed by atoms with Crippen molar-refractivity contribution in [3.63, 3.8) is 0 Å². The standard InChI is InChI=1S/C22H21N7O/c1-15-9-19(7-8-23-15)27-21(30)10-16-3-5-17(6-4-16)18-11-24-22(25-12-18)28-20-13-26-29(2)14-20/h3-9,11-14H,10H2,1-2H3,(H,23,27,30)(H,24,25,28). The topological polar surface area (TPSA) is 97.6 Å². The number of aromatic nitrogens is 5. The maximum Gasteiger partial charge on any atom is 0.228 e. The highest BCUT2D eigenvalue weighted by Crippen LogP contribution is 2.20. The largest absolute Gasteiger partial charge is 0.326 e. The van der Waals surface area contributed by atoms with Gasteiger partial charge < -0.3 is 10.6 Å². The highest BCUT2D eigenvalue weighted by atomic mass is 16.1. The third-order valence-electron chi connectivity index (χ3n) is 4.45. The van der Waals surface area contributed by atoms with Gasteiger partial charge in [0.25, 0.3) is 0 Å². The highest BCUT2D eigenvalue weighted by Gasteiger charge is 2.06. The SMILES string of the molecule is Cc1cc(NC(=O)Cc2ccc(-c3cnc(Nc4cnn(C)c4)nc3)cc2)ccn1. The first-order valence-electron chi connectivity index (χ1n) is 9.45. The van der Waals surface area contributed by atoms with Crippen LogP contribution in [0.1, 0.15) is 11.3 Å². The average Bonchev–Trinajstić information content (AvgIpc) is 3.14. The minimum absolute atomic E-state index is 0.0671. The monoisotopic (exact) mass is 399 g/mol. The van der Waals surface area contributed by atoms with Crippen LogP contribution in [-0.2, 0) is 18.3 Å². The van der Waals surface area contributed by atoms with Crippen LogP contribution in [0.3, 0.4) is 0 Å². The number of pyridine rings is 1. The fourth-order valence-electron chi connectivity index (χ4n) is 2.99. The zero-order valence-corrected chi connectivity index (χ0v) is 16.7. The number of rotatable bonds is 6. The summed E-state index contributed by atoms with van der Waals surface area (Å²) in [4.78, 5) is 25.1. The summed E-state index contributed by atoms with van der Waals surface area (Å²) in [6.45, 7) is 1.89. The molecule has 2 N–H and O–H groups in total. The van der Waals surface area contributed by atoms with Crippen LogP contribution in [0, 0.1) is 6.92 Å². The number of hydrogen-bond acceptors (Lipinski definition) is 6. The maximum atomic E-state index is 12.3. The summed E-state index contributed by atoms with van der Waals surface area (Å²) in [5, 5.41) is 10.1. The molecule has 3 heterocycles. The van der Waals surface area contributed by atoms with E-state index in [1.165, 1.54) is 0 Å². The summed E-state index contributed by atoms with van der Waals surface area (Å²) in [7, 11) is 1.85. The van der Waals surface area contributed by atoms with E-state index in [4.69, 9.17) is 0 Å². The van der Waals surface area contributed by atoms with Crippen LogP contribution in [0.4, 0.5) is 17.3 Å². The van der Waals surface area contributed by atoms with E-state index in [1.807, 2.05) is 50.5 Å². The normalized spacial score (nSPS) is 10.6. The zero-order chi connectivity index (χ0) is 20.9. The molecule has 4 aromatic rings. The van der Waals surface area contributed by atoms with Gasteiger partial charge in [0.15, 0.2) is 0 Å². The quantitative estimate of drug-likeness (QED) is 0.515. The van der Waals surface area contributed by atoms with Crippen LogP contribution in [0.15, 0.2) is 67.4 Å².